The summed E-state index contributed by atoms with van der Waals surface area (Å²) in [5.74, 6) is 0.256. The van der Waals surface area contributed by atoms with Gasteiger partial charge in [-0.15, -0.1) is 11.3 Å². The predicted molar refractivity (Wildman–Crippen MR) is 96.6 cm³/mol. The molecule has 1 aromatic heterocycles. The minimum absolute atomic E-state index is 0.111. The number of amides is 1. The number of nitrogens with one attached hydrogen (secondary N) is 1. The fraction of sp³-hybridized carbons (Fsp3) is 0.412. The van der Waals surface area contributed by atoms with Crippen LogP contribution in [0.3, 0.4) is 0 Å². The van der Waals surface area contributed by atoms with E-state index in [2.05, 4.69) is 10.3 Å². The van der Waals surface area contributed by atoms with Gasteiger partial charge in [0.25, 0.3) is 0 Å². The van der Waals surface area contributed by atoms with Gasteiger partial charge < -0.3 is 5.32 Å². The van der Waals surface area contributed by atoms with Crippen molar-refractivity contribution >= 4 is 45.6 Å². The average molecular weight is 369 g/mol. The Morgan fingerprint density at radius 1 is 1.22 bits per heavy atom. The zero-order valence-electron chi connectivity index (χ0n) is 12.6. The quantitative estimate of drug-likeness (QED) is 0.767. The highest BCUT2D eigenvalue weighted by Gasteiger charge is 2.21. The van der Waals surface area contributed by atoms with Crippen LogP contribution in [0.4, 0.5) is 5.13 Å². The summed E-state index contributed by atoms with van der Waals surface area (Å²) in [5, 5.41) is 4.75. The summed E-state index contributed by atoms with van der Waals surface area (Å²) in [4.78, 5) is 17.6. The molecule has 23 heavy (non-hydrogen) atoms. The van der Waals surface area contributed by atoms with Crippen molar-refractivity contribution in [2.45, 2.75) is 38.5 Å². The molecule has 1 saturated carbocycles. The molecule has 1 N–H and O–H groups in total. The van der Waals surface area contributed by atoms with E-state index in [0.29, 0.717) is 15.2 Å². The molecule has 2 aromatic rings. The summed E-state index contributed by atoms with van der Waals surface area (Å²) >= 11 is 13.5. The third-order valence-electron chi connectivity index (χ3n) is 4.12. The van der Waals surface area contributed by atoms with E-state index in [4.69, 9.17) is 23.2 Å². The number of aromatic nitrogens is 1. The summed E-state index contributed by atoms with van der Waals surface area (Å²) < 4.78 is 0. The predicted octanol–water partition coefficient (Wildman–Crippen LogP) is 5.56. The van der Waals surface area contributed by atoms with Gasteiger partial charge in [-0.25, -0.2) is 4.98 Å². The van der Waals surface area contributed by atoms with Crippen LogP contribution in [0.1, 0.15) is 42.5 Å². The van der Waals surface area contributed by atoms with E-state index in [9.17, 15) is 4.79 Å². The first-order chi connectivity index (χ1) is 11.1. The van der Waals surface area contributed by atoms with Gasteiger partial charge in [-0.05, 0) is 30.5 Å². The largest absolute Gasteiger partial charge is 0.302 e. The molecule has 1 heterocycles. The topological polar surface area (TPSA) is 42.0 Å². The first-order valence-corrected chi connectivity index (χ1v) is 9.38. The number of anilines is 1. The highest BCUT2D eigenvalue weighted by atomic mass is 35.5. The summed E-state index contributed by atoms with van der Waals surface area (Å²) in [5.41, 5.74) is 1.08. The molecule has 0 saturated heterocycles. The van der Waals surface area contributed by atoms with Crippen molar-refractivity contribution in [3.8, 4) is 0 Å². The SMILES string of the molecule is O=C(Nc1ncc(Cc2ccc(Cl)c(Cl)c2)s1)C1CCCCC1. The van der Waals surface area contributed by atoms with Gasteiger partial charge in [-0.2, -0.15) is 0 Å². The molecule has 6 heteroatoms. The molecule has 0 radical (unpaired) electrons. The summed E-state index contributed by atoms with van der Waals surface area (Å²) in [6.07, 6.45) is 8.07. The van der Waals surface area contributed by atoms with Gasteiger partial charge in [0.1, 0.15) is 0 Å². The first kappa shape index (κ1) is 16.7. The maximum atomic E-state index is 12.2. The van der Waals surface area contributed by atoms with Gasteiger partial charge >= 0.3 is 0 Å². The van der Waals surface area contributed by atoms with Crippen LogP contribution >= 0.6 is 34.5 Å². The Bertz CT molecular complexity index is 696. The van der Waals surface area contributed by atoms with Crippen LogP contribution in [-0.2, 0) is 11.2 Å². The second kappa shape index (κ2) is 7.65. The van der Waals surface area contributed by atoms with Gasteiger partial charge in [-0.1, -0.05) is 48.5 Å². The van der Waals surface area contributed by atoms with Crippen molar-refractivity contribution in [3.63, 3.8) is 0 Å². The smallest absolute Gasteiger partial charge is 0.229 e. The Morgan fingerprint density at radius 3 is 2.74 bits per heavy atom. The van der Waals surface area contributed by atoms with Crippen LogP contribution < -0.4 is 5.32 Å². The molecule has 1 amide bonds. The molecule has 122 valence electrons. The van der Waals surface area contributed by atoms with Crippen molar-refractivity contribution in [2.75, 3.05) is 5.32 Å². The molecule has 0 aliphatic heterocycles. The van der Waals surface area contributed by atoms with E-state index >= 15 is 0 Å². The molecule has 1 aromatic carbocycles. The van der Waals surface area contributed by atoms with Crippen LogP contribution in [0, 0.1) is 5.92 Å². The van der Waals surface area contributed by atoms with Gasteiger partial charge in [0, 0.05) is 23.4 Å². The summed E-state index contributed by atoms with van der Waals surface area (Å²) in [6, 6.07) is 5.62. The Hall–Kier alpha value is -1.10. The molecular formula is C17H18Cl2N2OS. The fourth-order valence-electron chi connectivity index (χ4n) is 2.87. The lowest BCUT2D eigenvalue weighted by atomic mass is 9.89. The average Bonchev–Trinajstić information content (AvgIpc) is 2.99. The van der Waals surface area contributed by atoms with E-state index in [0.717, 1.165) is 42.5 Å². The molecule has 1 aliphatic rings. The lowest BCUT2D eigenvalue weighted by molar-refractivity contribution is -0.120. The van der Waals surface area contributed by atoms with E-state index in [1.165, 1.54) is 17.8 Å². The monoisotopic (exact) mass is 368 g/mol. The Balaban J connectivity index is 1.61. The molecule has 0 bridgehead atoms. The van der Waals surface area contributed by atoms with Crippen LogP contribution in [0.2, 0.25) is 10.0 Å². The van der Waals surface area contributed by atoms with Crippen molar-refractivity contribution < 1.29 is 4.79 Å². The van der Waals surface area contributed by atoms with E-state index in [-0.39, 0.29) is 11.8 Å². The number of hydrogen-bond acceptors (Lipinski definition) is 3. The highest BCUT2D eigenvalue weighted by Crippen LogP contribution is 2.28. The standard InChI is InChI=1S/C17H18Cl2N2OS/c18-14-7-6-11(9-15(14)19)8-13-10-20-17(23-13)21-16(22)12-4-2-1-3-5-12/h6-7,9-10,12H,1-5,8H2,(H,20,21,22). The van der Waals surface area contributed by atoms with Crippen LogP contribution in [0.15, 0.2) is 24.4 Å². The highest BCUT2D eigenvalue weighted by molar-refractivity contribution is 7.15. The molecule has 3 rings (SSSR count). The first-order valence-electron chi connectivity index (χ1n) is 7.81. The van der Waals surface area contributed by atoms with Gasteiger partial charge in [0.15, 0.2) is 5.13 Å². The lowest BCUT2D eigenvalue weighted by Gasteiger charge is -2.19. The molecule has 1 fully saturated rings. The Morgan fingerprint density at radius 2 is 2.00 bits per heavy atom. The summed E-state index contributed by atoms with van der Waals surface area (Å²) in [7, 11) is 0. The van der Waals surface area contributed by atoms with E-state index < -0.39 is 0 Å². The maximum Gasteiger partial charge on any atom is 0.229 e. The van der Waals surface area contributed by atoms with Crippen LogP contribution in [-0.4, -0.2) is 10.9 Å². The molecule has 0 spiro atoms. The van der Waals surface area contributed by atoms with Crippen molar-refractivity contribution in [1.82, 2.24) is 4.98 Å². The number of halogens is 2. The maximum absolute atomic E-state index is 12.2. The van der Waals surface area contributed by atoms with Crippen LogP contribution in [0.5, 0.6) is 0 Å². The van der Waals surface area contributed by atoms with Crippen molar-refractivity contribution in [2.24, 2.45) is 5.92 Å². The lowest BCUT2D eigenvalue weighted by Crippen LogP contribution is -2.24. The molecule has 0 atom stereocenters. The number of nitrogens with zero attached hydrogens (tertiary/aromatic N) is 1. The second-order valence-electron chi connectivity index (χ2n) is 5.88. The van der Waals surface area contributed by atoms with Gasteiger partial charge in [0.2, 0.25) is 5.91 Å². The number of carbonyl (C=O) groups is 1. The second-order valence-corrected chi connectivity index (χ2v) is 7.81. The zero-order valence-corrected chi connectivity index (χ0v) is 15.0. The minimum atomic E-state index is 0.111. The number of hydrogen-bond donors (Lipinski definition) is 1. The number of benzene rings is 1. The minimum Gasteiger partial charge on any atom is -0.302 e. The Kier molecular flexibility index (Phi) is 5.57. The van der Waals surface area contributed by atoms with E-state index in [1.54, 1.807) is 6.07 Å². The van der Waals surface area contributed by atoms with Gasteiger partial charge in [-0.3, -0.25) is 4.79 Å². The van der Waals surface area contributed by atoms with Gasteiger partial charge in [0.05, 0.1) is 10.0 Å². The summed E-state index contributed by atoms with van der Waals surface area (Å²) in [6.45, 7) is 0. The van der Waals surface area contributed by atoms with Crippen molar-refractivity contribution in [3.05, 3.63) is 44.9 Å². The molecule has 3 nitrogen and oxygen atoms in total. The van der Waals surface area contributed by atoms with E-state index in [1.807, 2.05) is 18.3 Å². The zero-order chi connectivity index (χ0) is 16.2. The third kappa shape index (κ3) is 4.46. The normalized spacial score (nSPS) is 15.6. The fourth-order valence-corrected chi connectivity index (χ4v) is 4.04. The number of rotatable bonds is 4. The van der Waals surface area contributed by atoms with Crippen LogP contribution in [0.25, 0.3) is 0 Å². The Labute approximate surface area is 150 Å². The number of carbonyl (C=O) groups excluding carboxylic acids is 1. The number of thiazole rings is 1. The molecule has 0 unspecified atom stereocenters. The third-order valence-corrected chi connectivity index (χ3v) is 5.77. The molecular weight excluding hydrogens is 351 g/mol. The van der Waals surface area contributed by atoms with Crippen molar-refractivity contribution in [1.29, 1.82) is 0 Å². The molecule has 1 aliphatic carbocycles.